The second kappa shape index (κ2) is 10.7. The molecule has 0 spiro atoms. The number of rotatable bonds is 8. The first-order valence-electron chi connectivity index (χ1n) is 10.0. The molecular formula is C23H23ClN2O7. The Hall–Kier alpha value is -3.72. The number of ether oxygens (including phenoxy) is 4. The normalized spacial score (nSPS) is 15.3. The number of methoxy groups -OCH3 is 2. The van der Waals surface area contributed by atoms with E-state index >= 15 is 0 Å². The van der Waals surface area contributed by atoms with Gasteiger partial charge in [-0.2, -0.15) is 0 Å². The smallest absolute Gasteiger partial charge is 0.338 e. The van der Waals surface area contributed by atoms with Crippen LogP contribution < -0.4 is 20.1 Å². The van der Waals surface area contributed by atoms with Gasteiger partial charge >= 0.3 is 18.0 Å². The van der Waals surface area contributed by atoms with Crippen LogP contribution in [-0.2, 0) is 14.3 Å². The van der Waals surface area contributed by atoms with Gasteiger partial charge in [0.2, 0.25) is 0 Å². The molecule has 33 heavy (non-hydrogen) atoms. The molecule has 0 bridgehead atoms. The van der Waals surface area contributed by atoms with Crippen LogP contribution in [0.1, 0.15) is 28.9 Å². The summed E-state index contributed by atoms with van der Waals surface area (Å²) in [5, 5.41) is 5.42. The third kappa shape index (κ3) is 5.38. The quantitative estimate of drug-likeness (QED) is 0.564. The highest BCUT2D eigenvalue weighted by Gasteiger charge is 2.34. The topological polar surface area (TPSA) is 112 Å². The van der Waals surface area contributed by atoms with Crippen LogP contribution in [-0.4, -0.2) is 45.4 Å². The first-order valence-corrected chi connectivity index (χ1v) is 10.4. The number of esters is 2. The monoisotopic (exact) mass is 474 g/mol. The number of urea groups is 1. The predicted octanol–water partition coefficient (Wildman–Crippen LogP) is 3.39. The highest BCUT2D eigenvalue weighted by atomic mass is 35.5. The molecule has 2 aromatic rings. The molecule has 1 unspecified atom stereocenters. The zero-order valence-corrected chi connectivity index (χ0v) is 19.0. The molecule has 1 aliphatic rings. The molecule has 1 heterocycles. The zero-order chi connectivity index (χ0) is 24.0. The van der Waals surface area contributed by atoms with Gasteiger partial charge in [-0.3, -0.25) is 0 Å². The number of amides is 2. The van der Waals surface area contributed by atoms with Crippen molar-refractivity contribution < 1.29 is 33.3 Å². The molecule has 0 radical (unpaired) electrons. The standard InChI is InChI=1S/C23H23ClN2O7/c1-4-32-22(28)18-16(25-23(29)26-19(18)13-8-6-5-7-9-13)12-33-21(27)14-10-15(24)20(31-3)17(11-14)30-2/h5-11,19H,4,12H2,1-3H3,(H2,25,26,29). The molecule has 1 atom stereocenters. The van der Waals surface area contributed by atoms with Gasteiger partial charge in [-0.15, -0.1) is 0 Å². The minimum atomic E-state index is -0.775. The van der Waals surface area contributed by atoms with E-state index in [1.54, 1.807) is 31.2 Å². The highest BCUT2D eigenvalue weighted by molar-refractivity contribution is 6.32. The van der Waals surface area contributed by atoms with Gasteiger partial charge in [0, 0.05) is 0 Å². The molecule has 0 saturated heterocycles. The molecule has 3 rings (SSSR count). The number of benzene rings is 2. The molecule has 174 valence electrons. The van der Waals surface area contributed by atoms with Crippen molar-refractivity contribution in [2.75, 3.05) is 27.4 Å². The van der Waals surface area contributed by atoms with Gasteiger partial charge in [0.25, 0.3) is 0 Å². The Morgan fingerprint density at radius 3 is 2.39 bits per heavy atom. The van der Waals surface area contributed by atoms with Crippen LogP contribution >= 0.6 is 11.6 Å². The first-order chi connectivity index (χ1) is 15.9. The Morgan fingerprint density at radius 1 is 1.03 bits per heavy atom. The fraction of sp³-hybridized carbons (Fsp3) is 0.261. The van der Waals surface area contributed by atoms with Gasteiger partial charge in [-0.25, -0.2) is 14.4 Å². The first kappa shape index (κ1) is 23.9. The van der Waals surface area contributed by atoms with Crippen LogP contribution in [0, 0.1) is 0 Å². The lowest BCUT2D eigenvalue weighted by atomic mass is 9.95. The van der Waals surface area contributed by atoms with Gasteiger partial charge in [-0.1, -0.05) is 41.9 Å². The number of hydrogen-bond acceptors (Lipinski definition) is 7. The average Bonchev–Trinajstić information content (AvgIpc) is 2.82. The van der Waals surface area contributed by atoms with E-state index in [2.05, 4.69) is 10.6 Å². The van der Waals surface area contributed by atoms with Crippen molar-refractivity contribution in [3.63, 3.8) is 0 Å². The van der Waals surface area contributed by atoms with Crippen molar-refractivity contribution in [3.05, 3.63) is 69.9 Å². The summed E-state index contributed by atoms with van der Waals surface area (Å²) in [6.07, 6.45) is 0. The minimum Gasteiger partial charge on any atom is -0.493 e. The summed E-state index contributed by atoms with van der Waals surface area (Å²) >= 11 is 6.16. The van der Waals surface area contributed by atoms with Crippen LogP contribution in [0.2, 0.25) is 5.02 Å². The third-order valence-corrected chi connectivity index (χ3v) is 5.08. The molecule has 2 aromatic carbocycles. The van der Waals surface area contributed by atoms with Crippen molar-refractivity contribution in [1.29, 1.82) is 0 Å². The van der Waals surface area contributed by atoms with E-state index in [4.69, 9.17) is 30.5 Å². The van der Waals surface area contributed by atoms with Crippen LogP contribution in [0.3, 0.4) is 0 Å². The third-order valence-electron chi connectivity index (χ3n) is 4.80. The summed E-state index contributed by atoms with van der Waals surface area (Å²) in [7, 11) is 2.84. The van der Waals surface area contributed by atoms with Gasteiger partial charge in [-0.05, 0) is 24.6 Å². The van der Waals surface area contributed by atoms with E-state index < -0.39 is 24.0 Å². The lowest BCUT2D eigenvalue weighted by molar-refractivity contribution is -0.139. The lowest BCUT2D eigenvalue weighted by Gasteiger charge is -2.29. The van der Waals surface area contributed by atoms with E-state index in [0.29, 0.717) is 5.56 Å². The van der Waals surface area contributed by atoms with Crippen molar-refractivity contribution in [1.82, 2.24) is 10.6 Å². The average molecular weight is 475 g/mol. The van der Waals surface area contributed by atoms with Crippen LogP contribution in [0.4, 0.5) is 4.79 Å². The van der Waals surface area contributed by atoms with E-state index in [-0.39, 0.29) is 46.6 Å². The van der Waals surface area contributed by atoms with Crippen LogP contribution in [0.5, 0.6) is 11.5 Å². The van der Waals surface area contributed by atoms with Crippen molar-refractivity contribution in [3.8, 4) is 11.5 Å². The Labute approximate surface area is 195 Å². The summed E-state index contributed by atoms with van der Waals surface area (Å²) in [6.45, 7) is 1.43. The highest BCUT2D eigenvalue weighted by Crippen LogP contribution is 2.36. The maximum atomic E-state index is 12.8. The Morgan fingerprint density at radius 2 is 1.76 bits per heavy atom. The number of carbonyl (C=O) groups excluding carboxylic acids is 3. The molecule has 0 aliphatic carbocycles. The number of halogens is 1. The van der Waals surface area contributed by atoms with Gasteiger partial charge < -0.3 is 29.6 Å². The number of nitrogens with one attached hydrogen (secondary N) is 2. The van der Waals surface area contributed by atoms with Crippen molar-refractivity contribution >= 4 is 29.6 Å². The maximum Gasteiger partial charge on any atom is 0.338 e. The van der Waals surface area contributed by atoms with E-state index in [0.717, 1.165) is 0 Å². The predicted molar refractivity (Wildman–Crippen MR) is 119 cm³/mol. The molecule has 0 aromatic heterocycles. The molecule has 10 heteroatoms. The van der Waals surface area contributed by atoms with Gasteiger partial charge in [0.05, 0.1) is 48.7 Å². The van der Waals surface area contributed by atoms with Crippen molar-refractivity contribution in [2.45, 2.75) is 13.0 Å². The van der Waals surface area contributed by atoms with E-state index in [9.17, 15) is 14.4 Å². The molecule has 0 saturated carbocycles. The van der Waals surface area contributed by atoms with Gasteiger partial charge in [0.15, 0.2) is 11.5 Å². The molecule has 2 N–H and O–H groups in total. The number of hydrogen-bond donors (Lipinski definition) is 2. The van der Waals surface area contributed by atoms with E-state index in [1.807, 2.05) is 6.07 Å². The number of carbonyl (C=O) groups is 3. The SMILES string of the molecule is CCOC(=O)C1=C(COC(=O)c2cc(Cl)c(OC)c(OC)c2)NC(=O)NC1c1ccccc1. The summed E-state index contributed by atoms with van der Waals surface area (Å²) in [6, 6.07) is 10.4. The minimum absolute atomic E-state index is 0.107. The van der Waals surface area contributed by atoms with Crippen molar-refractivity contribution in [2.24, 2.45) is 0 Å². The van der Waals surface area contributed by atoms with E-state index in [1.165, 1.54) is 26.4 Å². The largest absolute Gasteiger partial charge is 0.493 e. The van der Waals surface area contributed by atoms with Gasteiger partial charge in [0.1, 0.15) is 6.61 Å². The van der Waals surface area contributed by atoms with Crippen LogP contribution in [0.25, 0.3) is 0 Å². The molecule has 1 aliphatic heterocycles. The Balaban J connectivity index is 1.92. The second-order valence-corrected chi connectivity index (χ2v) is 7.23. The summed E-state index contributed by atoms with van der Waals surface area (Å²) in [4.78, 5) is 37.8. The molecular weight excluding hydrogens is 452 g/mol. The summed E-state index contributed by atoms with van der Waals surface area (Å²) in [5.74, 6) is -0.848. The molecule has 0 fully saturated rings. The molecule has 2 amide bonds. The second-order valence-electron chi connectivity index (χ2n) is 6.82. The molecule has 9 nitrogen and oxygen atoms in total. The maximum absolute atomic E-state index is 12.8. The fourth-order valence-electron chi connectivity index (χ4n) is 3.33. The Kier molecular flexibility index (Phi) is 7.78. The summed E-state index contributed by atoms with van der Waals surface area (Å²) < 4.78 is 20.9. The van der Waals surface area contributed by atoms with Crippen LogP contribution in [0.15, 0.2) is 53.7 Å². The zero-order valence-electron chi connectivity index (χ0n) is 18.3. The summed E-state index contributed by atoms with van der Waals surface area (Å²) in [5.41, 5.74) is 1.04. The fourth-order valence-corrected chi connectivity index (χ4v) is 3.62. The Bertz CT molecular complexity index is 1090. The lowest BCUT2D eigenvalue weighted by Crippen LogP contribution is -2.47.